The zero-order valence-electron chi connectivity index (χ0n) is 21.5. The monoisotopic (exact) mass is 521 g/mol. The van der Waals surface area contributed by atoms with Gasteiger partial charge in [-0.1, -0.05) is 67.1 Å². The molecule has 1 fully saturated rings. The van der Waals surface area contributed by atoms with E-state index in [0.29, 0.717) is 12.5 Å². The molecule has 0 unspecified atom stereocenters. The third-order valence-electron chi connectivity index (χ3n) is 7.29. The van der Waals surface area contributed by atoms with E-state index < -0.39 is 41.1 Å². The van der Waals surface area contributed by atoms with Gasteiger partial charge in [-0.3, -0.25) is 14.5 Å². The molecule has 1 aliphatic rings. The van der Waals surface area contributed by atoms with Gasteiger partial charge in [-0.25, -0.2) is 8.78 Å². The van der Waals surface area contributed by atoms with Gasteiger partial charge >= 0.3 is 0 Å². The molecule has 3 N–H and O–H groups in total. The Kier molecular flexibility index (Phi) is 8.54. The SMILES string of the molecule is C[C@H](NC(=O)[C@H](O)c1cc(F)cc(F)c1)C(=O)N[C@H]1CCCCN(C)C1(c1ccccc1)c1ccccc1. The van der Waals surface area contributed by atoms with Crippen LogP contribution in [0.1, 0.15) is 49.0 Å². The number of aliphatic hydroxyl groups excluding tert-OH is 1. The molecule has 38 heavy (non-hydrogen) atoms. The van der Waals surface area contributed by atoms with Crippen molar-refractivity contribution in [2.45, 2.75) is 49.9 Å². The molecule has 3 atom stereocenters. The van der Waals surface area contributed by atoms with E-state index in [1.165, 1.54) is 6.92 Å². The highest BCUT2D eigenvalue weighted by atomic mass is 19.1. The van der Waals surface area contributed by atoms with E-state index >= 15 is 0 Å². The van der Waals surface area contributed by atoms with Crippen molar-refractivity contribution in [3.63, 3.8) is 0 Å². The van der Waals surface area contributed by atoms with Crippen LogP contribution in [0.15, 0.2) is 78.9 Å². The summed E-state index contributed by atoms with van der Waals surface area (Å²) in [5.74, 6) is -3.16. The van der Waals surface area contributed by atoms with Crippen molar-refractivity contribution in [1.82, 2.24) is 15.5 Å². The molecule has 1 aliphatic heterocycles. The largest absolute Gasteiger partial charge is 0.378 e. The van der Waals surface area contributed by atoms with Crippen molar-refractivity contribution in [2.75, 3.05) is 13.6 Å². The summed E-state index contributed by atoms with van der Waals surface area (Å²) < 4.78 is 27.1. The summed E-state index contributed by atoms with van der Waals surface area (Å²) in [6.07, 6.45) is 0.757. The van der Waals surface area contributed by atoms with Gasteiger partial charge in [0.2, 0.25) is 5.91 Å². The first-order valence-electron chi connectivity index (χ1n) is 12.8. The fraction of sp³-hybridized carbons (Fsp3) is 0.333. The number of carbonyl (C=O) groups excluding carboxylic acids is 2. The summed E-state index contributed by atoms with van der Waals surface area (Å²) in [6, 6.07) is 21.2. The second-order valence-electron chi connectivity index (χ2n) is 9.81. The molecule has 1 saturated heterocycles. The van der Waals surface area contributed by atoms with Crippen LogP contribution in [-0.4, -0.2) is 47.5 Å². The average molecular weight is 522 g/mol. The van der Waals surface area contributed by atoms with Crippen molar-refractivity contribution in [3.05, 3.63) is 107 Å². The number of aliphatic hydroxyl groups is 1. The van der Waals surface area contributed by atoms with Crippen molar-refractivity contribution in [2.24, 2.45) is 0 Å². The predicted molar refractivity (Wildman–Crippen MR) is 141 cm³/mol. The highest BCUT2D eigenvalue weighted by Crippen LogP contribution is 2.42. The van der Waals surface area contributed by atoms with Crippen LogP contribution in [0, 0.1) is 11.6 Å². The van der Waals surface area contributed by atoms with Gasteiger partial charge < -0.3 is 15.7 Å². The molecular weight excluding hydrogens is 488 g/mol. The van der Waals surface area contributed by atoms with Crippen LogP contribution < -0.4 is 10.6 Å². The lowest BCUT2D eigenvalue weighted by molar-refractivity contribution is -0.134. The van der Waals surface area contributed by atoms with Gasteiger partial charge in [0.1, 0.15) is 17.7 Å². The van der Waals surface area contributed by atoms with Crippen molar-refractivity contribution < 1.29 is 23.5 Å². The summed E-state index contributed by atoms with van der Waals surface area (Å²) in [7, 11) is 2.06. The Morgan fingerprint density at radius 2 is 1.47 bits per heavy atom. The molecule has 3 aromatic carbocycles. The first kappa shape index (κ1) is 27.4. The van der Waals surface area contributed by atoms with Crippen molar-refractivity contribution >= 4 is 11.8 Å². The van der Waals surface area contributed by atoms with E-state index in [2.05, 4.69) is 46.8 Å². The van der Waals surface area contributed by atoms with Crippen LogP contribution in [0.25, 0.3) is 0 Å². The molecular formula is C30H33F2N3O3. The second-order valence-corrected chi connectivity index (χ2v) is 9.81. The minimum absolute atomic E-state index is 0.231. The smallest absolute Gasteiger partial charge is 0.254 e. The van der Waals surface area contributed by atoms with E-state index in [4.69, 9.17) is 0 Å². The van der Waals surface area contributed by atoms with Crippen LogP contribution >= 0.6 is 0 Å². The number of hydrogen-bond donors (Lipinski definition) is 3. The van der Waals surface area contributed by atoms with Gasteiger partial charge in [0, 0.05) is 6.07 Å². The predicted octanol–water partition coefficient (Wildman–Crippen LogP) is 4.05. The van der Waals surface area contributed by atoms with E-state index in [9.17, 15) is 23.5 Å². The summed E-state index contributed by atoms with van der Waals surface area (Å²) in [4.78, 5) is 28.4. The molecule has 3 aromatic rings. The van der Waals surface area contributed by atoms with E-state index in [0.717, 1.165) is 42.6 Å². The van der Waals surface area contributed by atoms with Crippen LogP contribution in [0.4, 0.5) is 8.78 Å². The van der Waals surface area contributed by atoms with E-state index in [-0.39, 0.29) is 11.6 Å². The second kappa shape index (κ2) is 11.8. The highest BCUT2D eigenvalue weighted by Gasteiger charge is 2.47. The third-order valence-corrected chi connectivity index (χ3v) is 7.29. The molecule has 2 amide bonds. The summed E-state index contributed by atoms with van der Waals surface area (Å²) in [5, 5.41) is 16.0. The maximum absolute atomic E-state index is 13.6. The Morgan fingerprint density at radius 3 is 2.03 bits per heavy atom. The third kappa shape index (κ3) is 5.61. The zero-order valence-corrected chi connectivity index (χ0v) is 21.5. The molecule has 0 radical (unpaired) electrons. The van der Waals surface area contributed by atoms with Gasteiger partial charge in [0.15, 0.2) is 6.10 Å². The quantitative estimate of drug-likeness (QED) is 0.438. The Morgan fingerprint density at radius 1 is 0.921 bits per heavy atom. The molecule has 200 valence electrons. The van der Waals surface area contributed by atoms with Crippen molar-refractivity contribution in [3.8, 4) is 0 Å². The molecule has 0 aromatic heterocycles. The number of nitrogens with zero attached hydrogens (tertiary/aromatic N) is 1. The first-order chi connectivity index (χ1) is 18.2. The molecule has 8 heteroatoms. The number of halogens is 2. The molecule has 0 saturated carbocycles. The number of nitrogens with one attached hydrogen (secondary N) is 2. The average Bonchev–Trinajstić information content (AvgIpc) is 3.07. The lowest BCUT2D eigenvalue weighted by Crippen LogP contribution is -2.61. The van der Waals surface area contributed by atoms with Gasteiger partial charge in [0.25, 0.3) is 5.91 Å². The van der Waals surface area contributed by atoms with Crippen LogP contribution in [-0.2, 0) is 15.1 Å². The van der Waals surface area contributed by atoms with E-state index in [1.54, 1.807) is 0 Å². The number of hydrogen-bond acceptors (Lipinski definition) is 4. The van der Waals surface area contributed by atoms with Crippen LogP contribution in [0.2, 0.25) is 0 Å². The standard InChI is InChI=1S/C30H33F2N3O3/c1-20(33-29(38)27(36)21-17-24(31)19-25(32)18-21)28(37)34-26-15-9-10-16-35(2)30(26,22-11-5-3-6-12-22)23-13-7-4-8-14-23/h3-8,11-14,17-20,26-27,36H,9-10,15-16H2,1-2H3,(H,33,38)(H,34,37)/t20-,26-,27+/m0/s1. The number of benzene rings is 3. The zero-order chi connectivity index (χ0) is 27.3. The van der Waals surface area contributed by atoms with Gasteiger partial charge in [-0.05, 0) is 62.2 Å². The summed E-state index contributed by atoms with van der Waals surface area (Å²) in [6.45, 7) is 2.35. The maximum Gasteiger partial charge on any atom is 0.254 e. The maximum atomic E-state index is 13.6. The number of carbonyl (C=O) groups is 2. The van der Waals surface area contributed by atoms with Gasteiger partial charge in [0.05, 0.1) is 11.6 Å². The number of amides is 2. The van der Waals surface area contributed by atoms with Crippen LogP contribution in [0.5, 0.6) is 0 Å². The lowest BCUT2D eigenvalue weighted by atomic mass is 9.74. The molecule has 0 spiro atoms. The summed E-state index contributed by atoms with van der Waals surface area (Å²) in [5.41, 5.74) is 1.20. The molecule has 1 heterocycles. The Hall–Kier alpha value is -3.62. The van der Waals surface area contributed by atoms with E-state index in [1.807, 2.05) is 36.4 Å². The molecule has 6 nitrogen and oxygen atoms in total. The topological polar surface area (TPSA) is 81.7 Å². The fourth-order valence-corrected chi connectivity index (χ4v) is 5.46. The van der Waals surface area contributed by atoms with Crippen LogP contribution in [0.3, 0.4) is 0 Å². The molecule has 0 aliphatic carbocycles. The molecule has 4 rings (SSSR count). The number of likely N-dealkylation sites (N-methyl/N-ethyl adjacent to an activating group) is 1. The number of likely N-dealkylation sites (tertiary alicyclic amines) is 1. The first-order valence-corrected chi connectivity index (χ1v) is 12.8. The van der Waals surface area contributed by atoms with Gasteiger partial charge in [-0.2, -0.15) is 0 Å². The van der Waals surface area contributed by atoms with Gasteiger partial charge in [-0.15, -0.1) is 0 Å². The fourth-order valence-electron chi connectivity index (χ4n) is 5.46. The Balaban J connectivity index is 1.60. The summed E-state index contributed by atoms with van der Waals surface area (Å²) >= 11 is 0. The Bertz CT molecular complexity index is 1200. The molecule has 0 bridgehead atoms. The highest BCUT2D eigenvalue weighted by molar-refractivity contribution is 5.89. The van der Waals surface area contributed by atoms with Crippen molar-refractivity contribution in [1.29, 1.82) is 0 Å². The number of rotatable bonds is 7. The Labute approximate surface area is 221 Å². The normalized spacial score (nSPS) is 19.1. The lowest BCUT2D eigenvalue weighted by Gasteiger charge is -2.47. The minimum atomic E-state index is -1.83. The minimum Gasteiger partial charge on any atom is -0.378 e.